The predicted octanol–water partition coefficient (Wildman–Crippen LogP) is 18.8. The Morgan fingerprint density at radius 3 is 1.37 bits per heavy atom. The Hall–Kier alpha value is -16.9. The number of Topliss-reactive ketones (excluding diaryl/α,β-unsaturated/α-hetero) is 2. The Labute approximate surface area is 761 Å². The molecule has 0 aliphatic carbocycles. The van der Waals surface area contributed by atoms with Crippen LogP contribution in [-0.4, -0.2) is 141 Å². The molecule has 11 aromatic carbocycles. The Bertz CT molecular complexity index is 5990. The average molecular weight is 1790 g/mol. The molecule has 11 aromatic rings. The highest BCUT2D eigenvalue weighted by Crippen LogP contribution is 2.44. The molecule has 27 nitrogen and oxygen atoms in total. The first kappa shape index (κ1) is 102. The van der Waals surface area contributed by atoms with E-state index in [0.717, 1.165) is 56.7 Å². The summed E-state index contributed by atoms with van der Waals surface area (Å²) in [5.74, 6) is -5.73. The van der Waals surface area contributed by atoms with Crippen LogP contribution in [0, 0.1) is 13.8 Å². The predicted molar refractivity (Wildman–Crippen MR) is 497 cm³/mol. The van der Waals surface area contributed by atoms with Gasteiger partial charge >= 0.3 is 29.8 Å². The summed E-state index contributed by atoms with van der Waals surface area (Å²) in [5, 5.41) is 113. The number of esters is 4. The number of methoxy groups -OCH3 is 1. The van der Waals surface area contributed by atoms with E-state index >= 15 is 0 Å². The molecule has 2 aliphatic rings. The Morgan fingerprint density at radius 1 is 0.424 bits per heavy atom. The van der Waals surface area contributed by atoms with E-state index < -0.39 is 77.4 Å². The maximum Gasteiger partial charge on any atom is 0.331 e. The van der Waals surface area contributed by atoms with Crippen molar-refractivity contribution in [1.29, 1.82) is 0 Å². The lowest BCUT2D eigenvalue weighted by molar-refractivity contribution is -0.149. The van der Waals surface area contributed by atoms with Crippen molar-refractivity contribution >= 4 is 77.6 Å². The number of aliphatic hydroxyl groups excluding tert-OH is 1. The number of phenols is 10. The van der Waals surface area contributed by atoms with Crippen LogP contribution in [0.1, 0.15) is 133 Å². The average Bonchev–Trinajstić information content (AvgIpc) is 0.762. The molecule has 27 heteroatoms. The van der Waals surface area contributed by atoms with Gasteiger partial charge < -0.3 is 94.4 Å². The Balaban J connectivity index is 0.000000211. The zero-order valence-electron chi connectivity index (χ0n) is 72.9. The van der Waals surface area contributed by atoms with Crippen molar-refractivity contribution < 1.29 is 133 Å². The number of hydrogen-bond acceptors (Lipinski definition) is 26. The quantitative estimate of drug-likeness (QED) is 0.00538. The van der Waals surface area contributed by atoms with E-state index in [0.29, 0.717) is 46.8 Å². The smallest absolute Gasteiger partial charge is 0.331 e. The van der Waals surface area contributed by atoms with E-state index in [1.165, 1.54) is 111 Å². The number of ketones is 3. The third-order valence-corrected chi connectivity index (χ3v) is 18.2. The van der Waals surface area contributed by atoms with Crippen LogP contribution in [0.3, 0.4) is 0 Å². The molecule has 0 amide bonds. The molecule has 4 atom stereocenters. The summed E-state index contributed by atoms with van der Waals surface area (Å²) in [6.45, 7) is 14.9. The van der Waals surface area contributed by atoms with Crippen LogP contribution in [0.5, 0.6) is 74.7 Å². The summed E-state index contributed by atoms with van der Waals surface area (Å²) in [5.41, 5.74) is 9.55. The molecule has 682 valence electrons. The number of phenolic OH excluding ortho intramolecular Hbond substituents is 10. The van der Waals surface area contributed by atoms with Crippen molar-refractivity contribution in [3.63, 3.8) is 0 Å². The number of aliphatic carboxylic acids is 1. The molecule has 0 saturated heterocycles. The van der Waals surface area contributed by atoms with E-state index in [2.05, 4.69) is 6.58 Å². The third-order valence-electron chi connectivity index (χ3n) is 18.2. The number of fused-ring (bicyclic) bond motifs is 2. The molecule has 2 heterocycles. The summed E-state index contributed by atoms with van der Waals surface area (Å²) in [6, 6.07) is 68.1. The monoisotopic (exact) mass is 1790 g/mol. The van der Waals surface area contributed by atoms with Gasteiger partial charge in [-0.1, -0.05) is 205 Å². The van der Waals surface area contributed by atoms with Crippen LogP contribution in [0.2, 0.25) is 0 Å². The van der Waals surface area contributed by atoms with Crippen molar-refractivity contribution in [2.75, 3.05) is 20.3 Å². The minimum atomic E-state index is -1.32. The molecule has 0 saturated carbocycles. The van der Waals surface area contributed by atoms with Gasteiger partial charge in [0.1, 0.15) is 70.2 Å². The highest BCUT2D eigenvalue weighted by Gasteiger charge is 2.43. The molecular formula is C105H100O27. The number of rotatable bonds is 23. The fourth-order valence-corrected chi connectivity index (χ4v) is 11.8. The van der Waals surface area contributed by atoms with Gasteiger partial charge in [-0.2, -0.15) is 0 Å². The number of carboxylic acids is 1. The van der Waals surface area contributed by atoms with Gasteiger partial charge in [-0.05, 0) is 181 Å². The first-order valence-electron chi connectivity index (χ1n) is 40.5. The number of benzene rings is 11. The zero-order valence-corrected chi connectivity index (χ0v) is 72.9. The van der Waals surface area contributed by atoms with Gasteiger partial charge in [0.05, 0.1) is 13.7 Å². The molecule has 0 fully saturated rings. The number of ether oxygens (including phenoxy) is 7. The van der Waals surface area contributed by atoms with Gasteiger partial charge in [0.25, 0.3) is 0 Å². The lowest BCUT2D eigenvalue weighted by atomic mass is 9.92. The highest BCUT2D eigenvalue weighted by atomic mass is 16.6. The standard InChI is InChI=1S/C17H14O6.C17H16O4.C16H14O4.C16H14O3.2C14H16O4.C11H10O2/c1-9(18)22-17-15(21)14-12(20)7-11(19)8-13(14)23-16(17)10-5-3-2-4-6-10;1-20-16-11-13(7-9-15(16)18)8-10-17(19)21-12-14-5-3-2-4-6-14;1-9-7-11(17)13-12(8-9)20-16(15(19)14(13)18)10-5-3-2-4-6-10;1-11-9-14(18)16(15(19)10-11)13(17)8-7-12-5-3-2-4-6-12;2*1-10(2)7-8-18-14(17)6-4-11-3-5-12(15)13(16)9-11;12-11(13)9-5-4-8-10-6-2-1-3-7-10/h2-8,16-17,19-20H,1H3;2-11,18H,12H2,1H3;2-8,15-17,19H,1H3;2-10,18-19H,1H3;3-7,9,15-16H,8H2,1-2H3;3-6,9,15-16H,1,7-8H2,2H3;1-9H,(H,12,13)/b;10-8+;;8-7+;2*6-4+;8-4+,9-5+. The van der Waals surface area contributed by atoms with Crippen molar-refractivity contribution in [3.05, 3.63) is 381 Å². The Morgan fingerprint density at radius 2 is 0.864 bits per heavy atom. The van der Waals surface area contributed by atoms with Gasteiger partial charge in [-0.15, -0.1) is 6.58 Å². The van der Waals surface area contributed by atoms with Crippen molar-refractivity contribution in [2.24, 2.45) is 0 Å². The van der Waals surface area contributed by atoms with Crippen molar-refractivity contribution in [2.45, 2.75) is 79.0 Å². The molecular weight excluding hydrogens is 1690 g/mol. The summed E-state index contributed by atoms with van der Waals surface area (Å²) in [7, 11) is 1.47. The fourth-order valence-electron chi connectivity index (χ4n) is 11.8. The van der Waals surface area contributed by atoms with Crippen LogP contribution >= 0.6 is 0 Å². The number of carbonyl (C=O) groups excluding carboxylic acids is 7. The van der Waals surface area contributed by atoms with Crippen LogP contribution in [0.15, 0.2) is 309 Å². The molecule has 2 aliphatic heterocycles. The molecule has 0 radical (unpaired) electrons. The maximum absolute atomic E-state index is 12.7. The van der Waals surface area contributed by atoms with E-state index in [9.17, 15) is 84.3 Å². The SMILES string of the molecule is C=C(C)CCOC(=O)/C=C/c1ccc(O)c(O)c1.CC(=O)OC1C(=O)c2c(O)cc(O)cc2OC1c1ccccc1.CC(C)=CCOC(=O)/C=C/c1ccc(O)c(O)c1.COc1cc(/C=C/C(=O)OCc2ccccc2)ccc1O.Cc1cc(O)c(C(=O)/C=C/c2ccccc2)c(O)c1.Cc1cc(O)c2c(c1)OC(c1ccccc1)C(O)C2=O.O=C(O)/C=C/C=C/c1ccccc1. The molecule has 0 spiro atoms. The summed E-state index contributed by atoms with van der Waals surface area (Å²) in [4.78, 5) is 92.5. The lowest BCUT2D eigenvalue weighted by Crippen LogP contribution is -2.39. The Kier molecular flexibility index (Phi) is 40.4. The molecule has 13 rings (SSSR count). The second-order valence-electron chi connectivity index (χ2n) is 29.2. The van der Waals surface area contributed by atoms with E-state index in [4.69, 9.17) is 48.5 Å². The van der Waals surface area contributed by atoms with Crippen LogP contribution in [-0.2, 0) is 49.5 Å². The second kappa shape index (κ2) is 52.2. The summed E-state index contributed by atoms with van der Waals surface area (Å²) >= 11 is 0. The van der Waals surface area contributed by atoms with Gasteiger partial charge in [0.2, 0.25) is 17.7 Å². The van der Waals surface area contributed by atoms with E-state index in [-0.39, 0.29) is 87.4 Å². The fraction of sp³-hybridized carbons (Fsp3) is 0.143. The zero-order chi connectivity index (χ0) is 96.3. The van der Waals surface area contributed by atoms with E-state index in [1.54, 1.807) is 111 Å². The number of aliphatic hydroxyl groups is 1. The number of allylic oxidation sites excluding steroid dienone is 4. The number of hydrogen-bond donors (Lipinski definition) is 12. The van der Waals surface area contributed by atoms with Crippen LogP contribution in [0.25, 0.3) is 30.4 Å². The normalized spacial score (nSPS) is 13.8. The summed E-state index contributed by atoms with van der Waals surface area (Å²) in [6.07, 6.45) is 15.9. The van der Waals surface area contributed by atoms with Crippen molar-refractivity contribution in [3.8, 4) is 74.7 Å². The van der Waals surface area contributed by atoms with Crippen molar-refractivity contribution in [1.82, 2.24) is 0 Å². The maximum atomic E-state index is 12.7. The summed E-state index contributed by atoms with van der Waals surface area (Å²) < 4.78 is 36.6. The minimum absolute atomic E-state index is 0.0461. The van der Waals surface area contributed by atoms with Crippen LogP contribution in [0.4, 0.5) is 0 Å². The number of carbonyl (C=O) groups is 8. The minimum Gasteiger partial charge on any atom is -0.508 e. The molecule has 132 heavy (non-hydrogen) atoms. The number of carboxylic acid groups (broad SMARTS) is 1. The molecule has 0 aromatic heterocycles. The molecule has 4 unspecified atom stereocenters. The first-order chi connectivity index (χ1) is 63.1. The third kappa shape index (κ3) is 34.1. The lowest BCUT2D eigenvalue weighted by Gasteiger charge is -2.32. The van der Waals surface area contributed by atoms with Gasteiger partial charge in [0, 0.05) is 49.8 Å². The van der Waals surface area contributed by atoms with Gasteiger partial charge in [-0.25, -0.2) is 19.2 Å². The second-order valence-corrected chi connectivity index (χ2v) is 29.2. The van der Waals surface area contributed by atoms with Gasteiger partial charge in [0.15, 0.2) is 58.6 Å². The number of aryl methyl sites for hydroxylation is 2. The van der Waals surface area contributed by atoms with E-state index in [1.807, 2.05) is 136 Å². The number of aromatic hydroxyl groups is 10. The molecule has 0 bridgehead atoms. The first-order valence-corrected chi connectivity index (χ1v) is 40.5. The highest BCUT2D eigenvalue weighted by molar-refractivity contribution is 6.11. The van der Waals surface area contributed by atoms with Gasteiger partial charge in [-0.3, -0.25) is 19.2 Å². The largest absolute Gasteiger partial charge is 0.508 e. The molecule has 12 N–H and O–H groups in total. The topological polar surface area (TPSA) is 444 Å². The van der Waals surface area contributed by atoms with Crippen LogP contribution < -0.4 is 14.2 Å².